The predicted molar refractivity (Wildman–Crippen MR) is 152 cm³/mol. The standard InChI is InChI=1S/C13H27NO5S.C12H25NO3.2CO2/c1-12(2,3)10(8-9-18-20(7,16)17)14-11(15)19-13(4,5)6;1-11(2,3)9(7-8-14)13-10(15)16-12(4,5)6;2*2-1-3/h10H,8-9H2,1-7H3,(H,14,15);9,14H,7-8H2,1-6H3,(H,13,15);;/t10-;9-;;/m00../s1. The van der Waals surface area contributed by atoms with Crippen LogP contribution >= 0.6 is 0 Å². The summed E-state index contributed by atoms with van der Waals surface area (Å²) in [7, 11) is -3.47. The highest BCUT2D eigenvalue weighted by Crippen LogP contribution is 2.23. The molecule has 0 bridgehead atoms. The van der Waals surface area contributed by atoms with Crippen LogP contribution in [0.2, 0.25) is 0 Å². The molecule has 0 heterocycles. The summed E-state index contributed by atoms with van der Waals surface area (Å²) in [5.74, 6) is 0. The number of hydrogen-bond donors (Lipinski definition) is 3. The molecule has 0 aliphatic rings. The molecule has 15 heteroatoms. The molecule has 0 fully saturated rings. The Morgan fingerprint density at radius 3 is 1.19 bits per heavy atom. The Morgan fingerprint density at radius 1 is 0.690 bits per heavy atom. The molecule has 248 valence electrons. The fraction of sp³-hybridized carbons (Fsp3) is 0.852. The lowest BCUT2D eigenvalue weighted by atomic mass is 9.85. The van der Waals surface area contributed by atoms with Gasteiger partial charge in [-0.05, 0) is 65.2 Å². The van der Waals surface area contributed by atoms with Gasteiger partial charge in [-0.2, -0.15) is 27.6 Å². The highest BCUT2D eigenvalue weighted by atomic mass is 32.2. The molecule has 42 heavy (non-hydrogen) atoms. The summed E-state index contributed by atoms with van der Waals surface area (Å²) in [4.78, 5) is 55.9. The zero-order valence-electron chi connectivity index (χ0n) is 27.3. The Bertz CT molecular complexity index is 930. The number of nitrogens with one attached hydrogen (secondary N) is 2. The van der Waals surface area contributed by atoms with E-state index in [1.165, 1.54) is 0 Å². The fourth-order valence-corrected chi connectivity index (χ4v) is 3.19. The number of hydrogen-bond acceptors (Lipinski definition) is 12. The topological polar surface area (TPSA) is 209 Å². The largest absolute Gasteiger partial charge is 0.444 e. The van der Waals surface area contributed by atoms with Crippen LogP contribution in [-0.2, 0) is 43.0 Å². The van der Waals surface area contributed by atoms with Crippen molar-refractivity contribution in [1.82, 2.24) is 10.6 Å². The number of carbonyl (C=O) groups excluding carboxylic acids is 6. The fourth-order valence-electron chi connectivity index (χ4n) is 2.79. The Hall–Kier alpha value is -2.83. The van der Waals surface area contributed by atoms with E-state index < -0.39 is 33.5 Å². The van der Waals surface area contributed by atoms with Crippen molar-refractivity contribution >= 4 is 34.6 Å². The van der Waals surface area contributed by atoms with Gasteiger partial charge in [-0.1, -0.05) is 41.5 Å². The summed E-state index contributed by atoms with van der Waals surface area (Å²) in [6, 6.07) is -0.341. The first kappa shape index (κ1) is 46.1. The van der Waals surface area contributed by atoms with Gasteiger partial charge in [0, 0.05) is 18.7 Å². The summed E-state index contributed by atoms with van der Waals surface area (Å²) in [6.45, 7) is 22.8. The van der Waals surface area contributed by atoms with Crippen LogP contribution in [-0.4, -0.2) is 80.8 Å². The highest BCUT2D eigenvalue weighted by molar-refractivity contribution is 7.85. The molecule has 2 amide bonds. The van der Waals surface area contributed by atoms with E-state index in [9.17, 15) is 18.0 Å². The van der Waals surface area contributed by atoms with Gasteiger partial charge in [0.1, 0.15) is 11.2 Å². The first-order valence-corrected chi connectivity index (χ1v) is 14.8. The van der Waals surface area contributed by atoms with E-state index in [1.807, 2.05) is 62.3 Å². The molecule has 0 spiro atoms. The third-order valence-electron chi connectivity index (χ3n) is 4.59. The van der Waals surface area contributed by atoms with Crippen molar-refractivity contribution in [3.63, 3.8) is 0 Å². The van der Waals surface area contributed by atoms with E-state index in [0.29, 0.717) is 12.8 Å². The second-order valence-corrected chi connectivity index (χ2v) is 14.8. The second-order valence-electron chi connectivity index (χ2n) is 13.1. The number of amides is 2. The third-order valence-corrected chi connectivity index (χ3v) is 5.19. The molecule has 14 nitrogen and oxygen atoms in total. The molecule has 0 unspecified atom stereocenters. The van der Waals surface area contributed by atoms with Crippen LogP contribution in [0.4, 0.5) is 9.59 Å². The van der Waals surface area contributed by atoms with E-state index in [2.05, 4.69) is 10.6 Å². The normalized spacial score (nSPS) is 12.9. The lowest BCUT2D eigenvalue weighted by molar-refractivity contribution is -0.193. The van der Waals surface area contributed by atoms with Crippen LogP contribution in [0.15, 0.2) is 0 Å². The van der Waals surface area contributed by atoms with Crippen molar-refractivity contribution in [1.29, 1.82) is 0 Å². The summed E-state index contributed by atoms with van der Waals surface area (Å²) >= 11 is 0. The summed E-state index contributed by atoms with van der Waals surface area (Å²) in [6.07, 6.45) is 1.47. The lowest BCUT2D eigenvalue weighted by Crippen LogP contribution is -2.46. The predicted octanol–water partition coefficient (Wildman–Crippen LogP) is 3.43. The molecular weight excluding hydrogens is 576 g/mol. The second kappa shape index (κ2) is 21.0. The molecule has 2 atom stereocenters. The van der Waals surface area contributed by atoms with Crippen LogP contribution in [0, 0.1) is 10.8 Å². The van der Waals surface area contributed by atoms with Gasteiger partial charge in [0.25, 0.3) is 10.1 Å². The van der Waals surface area contributed by atoms with E-state index >= 15 is 0 Å². The lowest BCUT2D eigenvalue weighted by Gasteiger charge is -2.32. The molecule has 0 rings (SSSR count). The molecule has 0 aliphatic heterocycles. The van der Waals surface area contributed by atoms with Crippen molar-refractivity contribution < 1.29 is 55.9 Å². The van der Waals surface area contributed by atoms with Crippen LogP contribution in [0.5, 0.6) is 0 Å². The average molecular weight is 629 g/mol. The van der Waals surface area contributed by atoms with Gasteiger partial charge in [0.15, 0.2) is 0 Å². The van der Waals surface area contributed by atoms with Gasteiger partial charge in [-0.25, -0.2) is 9.59 Å². The molecule has 0 radical (unpaired) electrons. The molecule has 0 aromatic heterocycles. The van der Waals surface area contributed by atoms with Crippen molar-refractivity contribution in [3.05, 3.63) is 0 Å². The number of carbonyl (C=O) groups is 2. The Labute approximate surface area is 250 Å². The van der Waals surface area contributed by atoms with Crippen LogP contribution in [0.25, 0.3) is 0 Å². The maximum Gasteiger partial charge on any atom is 0.407 e. The summed E-state index contributed by atoms with van der Waals surface area (Å²) < 4.78 is 37.0. The summed E-state index contributed by atoms with van der Waals surface area (Å²) in [5, 5.41) is 14.5. The van der Waals surface area contributed by atoms with Crippen LogP contribution in [0.3, 0.4) is 0 Å². The zero-order chi connectivity index (χ0) is 34.6. The Balaban J connectivity index is -0.000000293. The number of aliphatic hydroxyl groups excluding tert-OH is 1. The minimum atomic E-state index is -3.47. The number of alkyl carbamates (subject to hydrolysis) is 2. The summed E-state index contributed by atoms with van der Waals surface area (Å²) in [5.41, 5.74) is -1.40. The maximum absolute atomic E-state index is 11.8. The molecule has 0 saturated heterocycles. The van der Waals surface area contributed by atoms with Gasteiger partial charge in [-0.3, -0.25) is 4.18 Å². The van der Waals surface area contributed by atoms with E-state index in [0.717, 1.165) is 6.26 Å². The molecular formula is C27H52N2O12S. The molecule has 0 aliphatic carbocycles. The average Bonchev–Trinajstić information content (AvgIpc) is 2.69. The molecule has 0 aromatic carbocycles. The quantitative estimate of drug-likeness (QED) is 0.330. The van der Waals surface area contributed by atoms with Crippen LogP contribution in [0.1, 0.15) is 95.9 Å². The van der Waals surface area contributed by atoms with Gasteiger partial charge in [-0.15, -0.1) is 0 Å². The Kier molecular flexibility index (Phi) is 23.0. The Morgan fingerprint density at radius 2 is 0.976 bits per heavy atom. The van der Waals surface area contributed by atoms with Crippen LogP contribution < -0.4 is 10.6 Å². The van der Waals surface area contributed by atoms with Crippen molar-refractivity contribution in [2.24, 2.45) is 10.8 Å². The smallest absolute Gasteiger partial charge is 0.407 e. The first-order valence-electron chi connectivity index (χ1n) is 13.0. The number of aliphatic hydroxyl groups is 1. The molecule has 3 N–H and O–H groups in total. The minimum Gasteiger partial charge on any atom is -0.444 e. The van der Waals surface area contributed by atoms with Gasteiger partial charge in [0.05, 0.1) is 12.9 Å². The SMILES string of the molecule is CC(C)(C)OC(=O)N[C@@H](CCO)C(C)(C)C.CC(C)(C)OC(=O)N[C@@H](CCOS(C)(=O)=O)C(C)(C)C.O=C=O.O=C=O. The van der Waals surface area contributed by atoms with Crippen molar-refractivity contribution in [2.75, 3.05) is 19.5 Å². The highest BCUT2D eigenvalue weighted by Gasteiger charge is 2.29. The van der Waals surface area contributed by atoms with Crippen molar-refractivity contribution in [2.45, 2.75) is 119 Å². The van der Waals surface area contributed by atoms with E-state index in [1.54, 1.807) is 20.8 Å². The van der Waals surface area contributed by atoms with Gasteiger partial charge < -0.3 is 25.2 Å². The number of rotatable bonds is 8. The first-order chi connectivity index (χ1) is 18.6. The maximum atomic E-state index is 11.8. The van der Waals surface area contributed by atoms with Gasteiger partial charge >= 0.3 is 24.5 Å². The molecule has 0 aromatic rings. The third kappa shape index (κ3) is 35.2. The van der Waals surface area contributed by atoms with E-state index in [4.69, 9.17) is 37.9 Å². The monoisotopic (exact) mass is 628 g/mol. The minimum absolute atomic E-state index is 0.0244. The zero-order valence-corrected chi connectivity index (χ0v) is 28.1. The number of ether oxygens (including phenoxy) is 2. The van der Waals surface area contributed by atoms with Crippen molar-refractivity contribution in [3.8, 4) is 0 Å². The van der Waals surface area contributed by atoms with E-state index in [-0.39, 0.29) is 48.4 Å². The molecule has 0 saturated carbocycles. The van der Waals surface area contributed by atoms with Gasteiger partial charge in [0.2, 0.25) is 0 Å².